The van der Waals surface area contributed by atoms with E-state index >= 15 is 0 Å². The maximum atomic E-state index is 10.5. The lowest BCUT2D eigenvalue weighted by Crippen LogP contribution is -1.87. The van der Waals surface area contributed by atoms with Crippen LogP contribution >= 0.6 is 15.9 Å². The molecular weight excluding hydrogens is 252 g/mol. The van der Waals surface area contributed by atoms with Gasteiger partial charge in [0, 0.05) is 17.5 Å². The van der Waals surface area contributed by atoms with Gasteiger partial charge >= 0.3 is 0 Å². The van der Waals surface area contributed by atoms with Crippen molar-refractivity contribution in [2.75, 3.05) is 0 Å². The Morgan fingerprint density at radius 1 is 1.57 bits per heavy atom. The Hall–Kier alpha value is -1.43. The van der Waals surface area contributed by atoms with Crippen molar-refractivity contribution in [3.63, 3.8) is 0 Å². The molecule has 0 N–H and O–H groups in total. The molecule has 0 bridgehead atoms. The number of halogens is 1. The van der Waals surface area contributed by atoms with Crippen LogP contribution in [0.25, 0.3) is 11.0 Å². The molecule has 0 saturated carbocycles. The summed E-state index contributed by atoms with van der Waals surface area (Å²) in [5.74, 6) is 0. The normalized spacial score (nSPS) is 10.6. The molecular formula is C8H5BrN2O3. The van der Waals surface area contributed by atoms with Crippen LogP contribution in [-0.4, -0.2) is 10.1 Å². The third-order valence-electron chi connectivity index (χ3n) is 1.87. The Kier molecular flexibility index (Phi) is 2.20. The van der Waals surface area contributed by atoms with E-state index in [1.807, 2.05) is 0 Å². The van der Waals surface area contributed by atoms with Crippen molar-refractivity contribution in [2.45, 2.75) is 5.33 Å². The second-order valence-electron chi connectivity index (χ2n) is 2.70. The molecule has 72 valence electrons. The van der Waals surface area contributed by atoms with Gasteiger partial charge in [-0.1, -0.05) is 21.1 Å². The van der Waals surface area contributed by atoms with Crippen molar-refractivity contribution < 1.29 is 9.45 Å². The van der Waals surface area contributed by atoms with E-state index in [0.717, 1.165) is 0 Å². The molecule has 0 unspecified atom stereocenters. The highest BCUT2D eigenvalue weighted by atomic mass is 79.9. The number of benzene rings is 1. The minimum atomic E-state index is -0.440. The summed E-state index contributed by atoms with van der Waals surface area (Å²) in [5.41, 5.74) is 1.27. The summed E-state index contributed by atoms with van der Waals surface area (Å²) in [7, 11) is 0. The Morgan fingerprint density at radius 3 is 3.00 bits per heavy atom. The first kappa shape index (κ1) is 9.14. The summed E-state index contributed by atoms with van der Waals surface area (Å²) < 4.78 is 4.97. The lowest BCUT2D eigenvalue weighted by molar-refractivity contribution is -0.384. The predicted molar refractivity (Wildman–Crippen MR) is 53.3 cm³/mol. The third-order valence-corrected chi connectivity index (χ3v) is 2.40. The minimum absolute atomic E-state index is 0.0444. The van der Waals surface area contributed by atoms with Gasteiger partial charge in [0.05, 0.1) is 10.3 Å². The standard InChI is InChI=1S/C8H5BrN2O3/c9-4-7-6-3-5(11(12)13)1-2-8(6)14-10-7/h1-3H,4H2. The maximum absolute atomic E-state index is 10.5. The van der Waals surface area contributed by atoms with E-state index in [2.05, 4.69) is 21.1 Å². The number of rotatable bonds is 2. The van der Waals surface area contributed by atoms with Crippen LogP contribution in [0, 0.1) is 10.1 Å². The van der Waals surface area contributed by atoms with Crippen LogP contribution in [-0.2, 0) is 5.33 Å². The van der Waals surface area contributed by atoms with Gasteiger partial charge in [-0.15, -0.1) is 0 Å². The fraction of sp³-hybridized carbons (Fsp3) is 0.125. The van der Waals surface area contributed by atoms with Gasteiger partial charge in [0.25, 0.3) is 5.69 Å². The number of fused-ring (bicyclic) bond motifs is 1. The highest BCUT2D eigenvalue weighted by Gasteiger charge is 2.12. The average Bonchev–Trinajstić information content (AvgIpc) is 2.59. The van der Waals surface area contributed by atoms with Gasteiger partial charge in [0.2, 0.25) is 0 Å². The quantitative estimate of drug-likeness (QED) is 0.471. The Balaban J connectivity index is 2.67. The smallest absolute Gasteiger partial charge is 0.270 e. The zero-order chi connectivity index (χ0) is 10.1. The van der Waals surface area contributed by atoms with Crippen LogP contribution in [0.15, 0.2) is 22.7 Å². The molecule has 2 aromatic rings. The van der Waals surface area contributed by atoms with Crippen LogP contribution in [0.4, 0.5) is 5.69 Å². The van der Waals surface area contributed by atoms with Crippen LogP contribution < -0.4 is 0 Å². The molecule has 6 heteroatoms. The summed E-state index contributed by atoms with van der Waals surface area (Å²) in [5, 5.41) is 15.5. The van der Waals surface area contributed by atoms with Gasteiger partial charge in [0.15, 0.2) is 5.58 Å². The van der Waals surface area contributed by atoms with Crippen molar-refractivity contribution in [2.24, 2.45) is 0 Å². The molecule has 5 nitrogen and oxygen atoms in total. The number of aromatic nitrogens is 1. The monoisotopic (exact) mass is 256 g/mol. The molecule has 1 heterocycles. The van der Waals surface area contributed by atoms with Crippen molar-refractivity contribution in [3.8, 4) is 0 Å². The third kappa shape index (κ3) is 1.37. The van der Waals surface area contributed by atoms with E-state index in [0.29, 0.717) is 22.0 Å². The van der Waals surface area contributed by atoms with E-state index < -0.39 is 4.92 Å². The number of hydrogen-bond donors (Lipinski definition) is 0. The molecule has 0 saturated heterocycles. The molecule has 1 aromatic carbocycles. The Morgan fingerprint density at radius 2 is 2.36 bits per heavy atom. The highest BCUT2D eigenvalue weighted by molar-refractivity contribution is 9.08. The van der Waals surface area contributed by atoms with Gasteiger partial charge in [-0.2, -0.15) is 0 Å². The van der Waals surface area contributed by atoms with Gasteiger partial charge in [-0.3, -0.25) is 10.1 Å². The topological polar surface area (TPSA) is 69.2 Å². The lowest BCUT2D eigenvalue weighted by atomic mass is 10.2. The second kappa shape index (κ2) is 3.38. The summed E-state index contributed by atoms with van der Waals surface area (Å²) in [6.45, 7) is 0. The Bertz CT molecular complexity index is 494. The van der Waals surface area contributed by atoms with E-state index in [1.54, 1.807) is 6.07 Å². The van der Waals surface area contributed by atoms with Gasteiger partial charge in [0.1, 0.15) is 5.69 Å². The molecule has 0 radical (unpaired) electrons. The van der Waals surface area contributed by atoms with Crippen molar-refractivity contribution in [1.82, 2.24) is 5.16 Å². The van der Waals surface area contributed by atoms with Crippen LogP contribution in [0.3, 0.4) is 0 Å². The first-order valence-corrected chi connectivity index (χ1v) is 4.93. The molecule has 0 amide bonds. The molecule has 0 aliphatic carbocycles. The van der Waals surface area contributed by atoms with Gasteiger partial charge in [-0.25, -0.2) is 0 Å². The molecule has 1 aromatic heterocycles. The van der Waals surface area contributed by atoms with E-state index in [1.165, 1.54) is 12.1 Å². The van der Waals surface area contributed by atoms with Gasteiger partial charge < -0.3 is 4.52 Å². The molecule has 0 fully saturated rings. The predicted octanol–water partition coefficient (Wildman–Crippen LogP) is 2.63. The number of alkyl halides is 1. The number of hydrogen-bond acceptors (Lipinski definition) is 4. The maximum Gasteiger partial charge on any atom is 0.270 e. The average molecular weight is 257 g/mol. The summed E-state index contributed by atoms with van der Waals surface area (Å²) in [6.07, 6.45) is 0. The molecule has 0 atom stereocenters. The molecule has 2 rings (SSSR count). The lowest BCUT2D eigenvalue weighted by Gasteiger charge is -1.90. The second-order valence-corrected chi connectivity index (χ2v) is 3.26. The number of nitro benzene ring substituents is 1. The molecule has 14 heavy (non-hydrogen) atoms. The fourth-order valence-corrected chi connectivity index (χ4v) is 1.59. The van der Waals surface area contributed by atoms with Crippen LogP contribution in [0.2, 0.25) is 0 Å². The number of nitro groups is 1. The SMILES string of the molecule is O=[N+]([O-])c1ccc2onc(CBr)c2c1. The van der Waals surface area contributed by atoms with Crippen LogP contribution in [0.5, 0.6) is 0 Å². The van der Waals surface area contributed by atoms with E-state index in [-0.39, 0.29) is 5.69 Å². The number of non-ortho nitro benzene ring substituents is 1. The van der Waals surface area contributed by atoms with Crippen LogP contribution in [0.1, 0.15) is 5.69 Å². The molecule has 0 spiro atoms. The minimum Gasteiger partial charge on any atom is -0.356 e. The largest absolute Gasteiger partial charge is 0.356 e. The highest BCUT2D eigenvalue weighted by Crippen LogP contribution is 2.24. The zero-order valence-electron chi connectivity index (χ0n) is 6.94. The first-order valence-electron chi connectivity index (χ1n) is 3.81. The summed E-state index contributed by atoms with van der Waals surface area (Å²) in [4.78, 5) is 10.1. The summed E-state index contributed by atoms with van der Waals surface area (Å²) in [6, 6.07) is 4.40. The van der Waals surface area contributed by atoms with E-state index in [9.17, 15) is 10.1 Å². The van der Waals surface area contributed by atoms with E-state index in [4.69, 9.17) is 4.52 Å². The molecule has 0 aliphatic rings. The molecule has 0 aliphatic heterocycles. The van der Waals surface area contributed by atoms with Crippen molar-refractivity contribution >= 4 is 32.6 Å². The van der Waals surface area contributed by atoms with Gasteiger partial charge in [-0.05, 0) is 6.07 Å². The van der Waals surface area contributed by atoms with Crippen molar-refractivity contribution in [1.29, 1.82) is 0 Å². The Labute approximate surface area is 87.0 Å². The fourth-order valence-electron chi connectivity index (χ4n) is 1.19. The number of nitrogens with zero attached hydrogens (tertiary/aromatic N) is 2. The summed E-state index contributed by atoms with van der Waals surface area (Å²) >= 11 is 3.23. The zero-order valence-corrected chi connectivity index (χ0v) is 8.52. The van der Waals surface area contributed by atoms with Crippen molar-refractivity contribution in [3.05, 3.63) is 34.0 Å². The first-order chi connectivity index (χ1) is 6.72.